The number of benzene rings is 4. The Morgan fingerprint density at radius 1 is 0.904 bits per heavy atom. The molecule has 52 heavy (non-hydrogen) atoms. The van der Waals surface area contributed by atoms with Crippen LogP contribution in [0.5, 0.6) is 11.5 Å². The molecule has 0 aliphatic carbocycles. The summed E-state index contributed by atoms with van der Waals surface area (Å²) in [7, 11) is 1.72. The van der Waals surface area contributed by atoms with E-state index in [9.17, 15) is 14.0 Å². The van der Waals surface area contributed by atoms with E-state index in [1.165, 1.54) is 18.2 Å². The third kappa shape index (κ3) is 10.0. The number of nitrogens with zero attached hydrogens (tertiary/aromatic N) is 2. The van der Waals surface area contributed by atoms with Gasteiger partial charge in [0.15, 0.2) is 0 Å². The van der Waals surface area contributed by atoms with Crippen molar-refractivity contribution in [1.82, 2.24) is 10.2 Å². The molecule has 0 radical (unpaired) electrons. The fourth-order valence-corrected chi connectivity index (χ4v) is 6.56. The largest absolute Gasteiger partial charge is 0.492 e. The number of ether oxygens (including phenoxy) is 5. The van der Waals surface area contributed by atoms with E-state index in [1.54, 1.807) is 18.1 Å². The summed E-state index contributed by atoms with van der Waals surface area (Å²) in [6, 6.07) is 29.3. The zero-order valence-electron chi connectivity index (χ0n) is 29.5. The lowest BCUT2D eigenvalue weighted by molar-refractivity contribution is -0.0246. The molecule has 274 valence electrons. The first kappa shape index (κ1) is 36.7. The van der Waals surface area contributed by atoms with Gasteiger partial charge in [-0.1, -0.05) is 54.6 Å². The zero-order chi connectivity index (χ0) is 36.1. The fourth-order valence-electron chi connectivity index (χ4n) is 6.56. The van der Waals surface area contributed by atoms with Gasteiger partial charge in [0, 0.05) is 38.3 Å². The van der Waals surface area contributed by atoms with Crippen LogP contribution in [0.3, 0.4) is 0 Å². The first-order valence-corrected chi connectivity index (χ1v) is 17.8. The number of carbonyl (C=O) groups excluding carboxylic acids is 2. The second-order valence-electron chi connectivity index (χ2n) is 12.9. The molecule has 2 unspecified atom stereocenters. The molecule has 0 saturated carbocycles. The van der Waals surface area contributed by atoms with Crippen LogP contribution in [-0.4, -0.2) is 82.7 Å². The van der Waals surface area contributed by atoms with E-state index in [0.29, 0.717) is 45.1 Å². The van der Waals surface area contributed by atoms with Gasteiger partial charge >= 0.3 is 6.09 Å². The average molecular weight is 712 g/mol. The number of carbonyl (C=O) groups is 2. The quantitative estimate of drug-likeness (QED) is 0.138. The van der Waals surface area contributed by atoms with Crippen LogP contribution in [0.1, 0.15) is 45.8 Å². The Labute approximate surface area is 304 Å². The van der Waals surface area contributed by atoms with Crippen molar-refractivity contribution in [3.63, 3.8) is 0 Å². The van der Waals surface area contributed by atoms with E-state index in [0.717, 1.165) is 47.6 Å². The Bertz CT molecular complexity index is 1760. The third-order valence-corrected chi connectivity index (χ3v) is 9.30. The molecule has 2 atom stereocenters. The van der Waals surface area contributed by atoms with Crippen LogP contribution in [0.2, 0.25) is 0 Å². The van der Waals surface area contributed by atoms with Crippen LogP contribution >= 0.6 is 0 Å². The van der Waals surface area contributed by atoms with Crippen LogP contribution in [0.15, 0.2) is 97.1 Å². The fraction of sp³-hybridized carbons (Fsp3) is 0.366. The Morgan fingerprint density at radius 2 is 1.75 bits per heavy atom. The van der Waals surface area contributed by atoms with Gasteiger partial charge < -0.3 is 38.8 Å². The van der Waals surface area contributed by atoms with E-state index >= 15 is 0 Å². The molecule has 2 amide bonds. The maximum atomic E-state index is 13.5. The zero-order valence-corrected chi connectivity index (χ0v) is 29.5. The summed E-state index contributed by atoms with van der Waals surface area (Å²) < 4.78 is 42.9. The maximum Gasteiger partial charge on any atom is 0.410 e. The molecule has 1 N–H and O–H groups in total. The SMILES string of the molecule is COCCCN1CCOc2ccc(COC3CN(C(=O)OCc4ccccc4)CCC3c3ccc(OCCNC(=O)c4cccc(F)c4)cc3)cc21. The number of rotatable bonds is 15. The highest BCUT2D eigenvalue weighted by Gasteiger charge is 2.34. The number of fused-ring (bicyclic) bond motifs is 1. The molecule has 6 rings (SSSR count). The van der Waals surface area contributed by atoms with Gasteiger partial charge in [-0.15, -0.1) is 0 Å². The van der Waals surface area contributed by atoms with Crippen LogP contribution < -0.4 is 19.7 Å². The molecular weight excluding hydrogens is 665 g/mol. The van der Waals surface area contributed by atoms with Crippen LogP contribution in [0.25, 0.3) is 0 Å². The summed E-state index contributed by atoms with van der Waals surface area (Å²) in [6.45, 7) is 5.06. The summed E-state index contributed by atoms with van der Waals surface area (Å²) in [5.74, 6) is 0.744. The van der Waals surface area contributed by atoms with E-state index in [4.69, 9.17) is 23.7 Å². The minimum atomic E-state index is -0.459. The molecule has 0 spiro atoms. The summed E-state index contributed by atoms with van der Waals surface area (Å²) in [5, 5.41) is 2.75. The predicted octanol–water partition coefficient (Wildman–Crippen LogP) is 6.58. The Morgan fingerprint density at radius 3 is 2.56 bits per heavy atom. The van der Waals surface area contributed by atoms with Gasteiger partial charge in [-0.2, -0.15) is 0 Å². The van der Waals surface area contributed by atoms with Crippen LogP contribution in [0.4, 0.5) is 14.9 Å². The molecule has 11 heteroatoms. The highest BCUT2D eigenvalue weighted by Crippen LogP contribution is 2.35. The van der Waals surface area contributed by atoms with Gasteiger partial charge in [-0.25, -0.2) is 9.18 Å². The molecule has 1 fully saturated rings. The number of halogens is 1. The molecule has 2 aliphatic rings. The molecule has 4 aromatic carbocycles. The highest BCUT2D eigenvalue weighted by molar-refractivity contribution is 5.94. The van der Waals surface area contributed by atoms with E-state index < -0.39 is 5.82 Å². The van der Waals surface area contributed by atoms with Crippen molar-refractivity contribution in [1.29, 1.82) is 0 Å². The number of methoxy groups -OCH3 is 1. The Kier molecular flexibility index (Phi) is 13.0. The van der Waals surface area contributed by atoms with Crippen molar-refractivity contribution in [3.8, 4) is 11.5 Å². The van der Waals surface area contributed by atoms with E-state index in [2.05, 4.69) is 16.3 Å². The maximum absolute atomic E-state index is 13.5. The number of likely N-dealkylation sites (tertiary alicyclic amines) is 1. The molecule has 0 aromatic heterocycles. The van der Waals surface area contributed by atoms with Crippen molar-refractivity contribution >= 4 is 17.7 Å². The molecule has 2 heterocycles. The minimum absolute atomic E-state index is 0.0317. The van der Waals surface area contributed by atoms with Crippen molar-refractivity contribution < 1.29 is 37.7 Å². The number of amides is 2. The summed E-state index contributed by atoms with van der Waals surface area (Å²) in [4.78, 5) is 29.6. The van der Waals surface area contributed by atoms with Gasteiger partial charge in [0.05, 0.1) is 38.0 Å². The van der Waals surface area contributed by atoms with Gasteiger partial charge in [-0.3, -0.25) is 4.79 Å². The van der Waals surface area contributed by atoms with Crippen molar-refractivity contribution in [2.45, 2.75) is 38.1 Å². The normalized spacial score (nSPS) is 16.8. The monoisotopic (exact) mass is 711 g/mol. The van der Waals surface area contributed by atoms with E-state index in [-0.39, 0.29) is 49.3 Å². The van der Waals surface area contributed by atoms with Gasteiger partial charge in [0.2, 0.25) is 0 Å². The second-order valence-corrected chi connectivity index (χ2v) is 12.9. The molecular formula is C41H46FN3O7. The van der Waals surface area contributed by atoms with Gasteiger partial charge in [0.1, 0.15) is 37.1 Å². The third-order valence-electron chi connectivity index (χ3n) is 9.30. The lowest BCUT2D eigenvalue weighted by Gasteiger charge is -2.38. The molecule has 10 nitrogen and oxygen atoms in total. The van der Waals surface area contributed by atoms with Gasteiger partial charge in [-0.05, 0) is 72.0 Å². The summed E-state index contributed by atoms with van der Waals surface area (Å²) >= 11 is 0. The van der Waals surface area contributed by atoms with Crippen molar-refractivity contribution in [2.24, 2.45) is 0 Å². The average Bonchev–Trinajstić information content (AvgIpc) is 3.18. The molecule has 4 aromatic rings. The van der Waals surface area contributed by atoms with Crippen molar-refractivity contribution in [3.05, 3.63) is 125 Å². The highest BCUT2D eigenvalue weighted by atomic mass is 19.1. The number of hydrogen-bond acceptors (Lipinski definition) is 8. The first-order valence-electron chi connectivity index (χ1n) is 17.8. The lowest BCUT2D eigenvalue weighted by atomic mass is 9.87. The Balaban J connectivity index is 1.09. The predicted molar refractivity (Wildman–Crippen MR) is 195 cm³/mol. The van der Waals surface area contributed by atoms with Crippen LogP contribution in [0, 0.1) is 5.82 Å². The topological polar surface area (TPSA) is 98.8 Å². The smallest absolute Gasteiger partial charge is 0.410 e. The number of nitrogens with one attached hydrogen (secondary N) is 1. The summed E-state index contributed by atoms with van der Waals surface area (Å²) in [6.07, 6.45) is 0.978. The van der Waals surface area contributed by atoms with Crippen molar-refractivity contribution in [2.75, 3.05) is 64.6 Å². The molecule has 0 bridgehead atoms. The first-order chi connectivity index (χ1) is 25.5. The number of anilines is 1. The van der Waals surface area contributed by atoms with Crippen LogP contribution in [-0.2, 0) is 27.4 Å². The minimum Gasteiger partial charge on any atom is -0.492 e. The number of piperidine rings is 1. The van der Waals surface area contributed by atoms with Gasteiger partial charge in [0.25, 0.3) is 5.91 Å². The standard InChI is InChI=1S/C41H46FN3O7/c1-48-22-6-19-44-21-24-50-38-16-11-31(25-37(38)44)29-51-39-27-45(41(47)52-28-30-7-3-2-4-8-30)20-17-36(39)32-12-14-35(15-13-32)49-23-18-43-40(46)33-9-5-10-34(42)26-33/h2-5,7-16,25-26,36,39H,6,17-24,27-29H2,1H3,(H,43,46). The number of hydrogen-bond donors (Lipinski definition) is 1. The summed E-state index contributed by atoms with van der Waals surface area (Å²) in [5.41, 5.74) is 4.35. The Hall–Kier alpha value is -5.13. The lowest BCUT2D eigenvalue weighted by Crippen LogP contribution is -2.47. The van der Waals surface area contributed by atoms with E-state index in [1.807, 2.05) is 66.7 Å². The molecule has 2 aliphatic heterocycles. The molecule has 1 saturated heterocycles. The second kappa shape index (κ2) is 18.4.